The highest BCUT2D eigenvalue weighted by atomic mass is 16.4. The van der Waals surface area contributed by atoms with E-state index >= 15 is 0 Å². The third-order valence-electron chi connectivity index (χ3n) is 3.46. The first-order valence-corrected chi connectivity index (χ1v) is 6.80. The lowest BCUT2D eigenvalue weighted by atomic mass is 9.76. The van der Waals surface area contributed by atoms with Gasteiger partial charge >= 0.3 is 5.97 Å². The van der Waals surface area contributed by atoms with Crippen molar-refractivity contribution in [1.82, 2.24) is 15.5 Å². The fourth-order valence-corrected chi connectivity index (χ4v) is 2.15. The molecule has 3 N–H and O–H groups in total. The van der Waals surface area contributed by atoms with Gasteiger partial charge < -0.3 is 10.4 Å². The van der Waals surface area contributed by atoms with Crippen LogP contribution in [-0.4, -0.2) is 33.7 Å². The first-order chi connectivity index (χ1) is 9.30. The maximum atomic E-state index is 11.7. The van der Waals surface area contributed by atoms with Gasteiger partial charge in [-0.25, -0.2) is 0 Å². The molecule has 6 nitrogen and oxygen atoms in total. The van der Waals surface area contributed by atoms with Crippen LogP contribution in [0.4, 0.5) is 0 Å². The highest BCUT2D eigenvalue weighted by Crippen LogP contribution is 2.32. The number of hydrogen-bond donors (Lipinski definition) is 3. The molecule has 1 rings (SSSR count). The number of carbonyl (C=O) groups excluding carboxylic acids is 1. The minimum atomic E-state index is -0.777. The van der Waals surface area contributed by atoms with Crippen molar-refractivity contribution in [2.75, 3.05) is 6.54 Å². The highest BCUT2D eigenvalue weighted by molar-refractivity contribution is 5.92. The number of carboxylic acid groups (broad SMARTS) is 1. The lowest BCUT2D eigenvalue weighted by molar-refractivity contribution is -0.137. The van der Waals surface area contributed by atoms with Gasteiger partial charge in [0.15, 0.2) is 0 Å². The lowest BCUT2D eigenvalue weighted by Crippen LogP contribution is -2.30. The van der Waals surface area contributed by atoms with E-state index in [1.807, 2.05) is 0 Å². The second-order valence-electron chi connectivity index (χ2n) is 6.01. The van der Waals surface area contributed by atoms with Gasteiger partial charge in [0.05, 0.1) is 0 Å². The molecule has 0 aromatic carbocycles. The molecule has 0 radical (unpaired) electrons. The number of hydrogen-bond acceptors (Lipinski definition) is 3. The number of H-pyrrole nitrogens is 1. The van der Waals surface area contributed by atoms with Gasteiger partial charge in [0, 0.05) is 19.2 Å². The number of nitrogens with zero attached hydrogens (tertiary/aromatic N) is 1. The number of carbonyl (C=O) groups is 2. The van der Waals surface area contributed by atoms with Crippen LogP contribution in [0.5, 0.6) is 0 Å². The van der Waals surface area contributed by atoms with Crippen molar-refractivity contribution in [3.05, 3.63) is 18.0 Å². The monoisotopic (exact) mass is 281 g/mol. The van der Waals surface area contributed by atoms with Crippen LogP contribution in [0.25, 0.3) is 0 Å². The van der Waals surface area contributed by atoms with Crippen molar-refractivity contribution >= 4 is 11.9 Å². The van der Waals surface area contributed by atoms with E-state index < -0.39 is 5.97 Å². The van der Waals surface area contributed by atoms with Crippen LogP contribution in [0.2, 0.25) is 0 Å². The van der Waals surface area contributed by atoms with Crippen molar-refractivity contribution < 1.29 is 14.7 Å². The fraction of sp³-hybridized carbons (Fsp3) is 0.643. The summed E-state index contributed by atoms with van der Waals surface area (Å²) in [6, 6.07) is 1.61. The van der Waals surface area contributed by atoms with Crippen LogP contribution < -0.4 is 5.32 Å². The summed E-state index contributed by atoms with van der Waals surface area (Å²) < 4.78 is 0. The van der Waals surface area contributed by atoms with Crippen LogP contribution in [0.1, 0.15) is 50.5 Å². The Morgan fingerprint density at radius 3 is 2.60 bits per heavy atom. The van der Waals surface area contributed by atoms with Gasteiger partial charge in [0.25, 0.3) is 5.91 Å². The smallest absolute Gasteiger partial charge is 0.303 e. The first kappa shape index (κ1) is 16.2. The summed E-state index contributed by atoms with van der Waals surface area (Å²) in [6.45, 7) is 6.81. The fourth-order valence-electron chi connectivity index (χ4n) is 2.15. The van der Waals surface area contributed by atoms with Crippen molar-refractivity contribution in [3.8, 4) is 0 Å². The Hall–Kier alpha value is -1.85. The number of aromatic amines is 1. The standard InChI is InChI=1S/C14H23N3O3/c1-14(2,3)10(4-5-12(18)19)6-8-15-13(20)11-7-9-16-17-11/h7,9-10H,4-6,8H2,1-3H3,(H,15,20)(H,16,17)(H,18,19). The molecule has 0 aliphatic heterocycles. The third-order valence-corrected chi connectivity index (χ3v) is 3.46. The molecule has 0 saturated heterocycles. The number of amides is 1. The van der Waals surface area contributed by atoms with E-state index in [4.69, 9.17) is 5.11 Å². The Balaban J connectivity index is 2.42. The minimum Gasteiger partial charge on any atom is -0.481 e. The quantitative estimate of drug-likeness (QED) is 0.713. The van der Waals surface area contributed by atoms with Gasteiger partial charge in [-0.3, -0.25) is 14.7 Å². The molecule has 1 unspecified atom stereocenters. The number of rotatable bonds is 7. The van der Waals surface area contributed by atoms with E-state index in [0.29, 0.717) is 18.7 Å². The third kappa shape index (κ3) is 5.42. The lowest BCUT2D eigenvalue weighted by Gasteiger charge is -2.30. The van der Waals surface area contributed by atoms with Crippen LogP contribution in [0.15, 0.2) is 12.3 Å². The van der Waals surface area contributed by atoms with Crippen molar-refractivity contribution in [3.63, 3.8) is 0 Å². The van der Waals surface area contributed by atoms with Gasteiger partial charge in [-0.15, -0.1) is 0 Å². The molecule has 0 bridgehead atoms. The van der Waals surface area contributed by atoms with E-state index in [1.165, 1.54) is 6.20 Å². The van der Waals surface area contributed by atoms with Crippen molar-refractivity contribution in [2.45, 2.75) is 40.0 Å². The summed E-state index contributed by atoms with van der Waals surface area (Å²) in [5, 5.41) is 17.9. The molecule has 0 aliphatic rings. The second kappa shape index (κ2) is 7.07. The summed E-state index contributed by atoms with van der Waals surface area (Å²) in [7, 11) is 0. The van der Waals surface area contributed by atoms with Gasteiger partial charge in [0.2, 0.25) is 0 Å². The molecular formula is C14H23N3O3. The average molecular weight is 281 g/mol. The molecule has 0 fully saturated rings. The molecule has 0 saturated carbocycles. The predicted molar refractivity (Wildman–Crippen MR) is 75.4 cm³/mol. The zero-order valence-electron chi connectivity index (χ0n) is 12.3. The zero-order valence-corrected chi connectivity index (χ0v) is 12.3. The Morgan fingerprint density at radius 1 is 1.40 bits per heavy atom. The molecule has 20 heavy (non-hydrogen) atoms. The van der Waals surface area contributed by atoms with Crippen molar-refractivity contribution in [1.29, 1.82) is 0 Å². The molecular weight excluding hydrogens is 258 g/mol. The van der Waals surface area contributed by atoms with E-state index in [0.717, 1.165) is 6.42 Å². The van der Waals surface area contributed by atoms with Gasteiger partial charge in [-0.1, -0.05) is 20.8 Å². The summed E-state index contributed by atoms with van der Waals surface area (Å²) >= 11 is 0. The normalized spacial score (nSPS) is 12.9. The second-order valence-corrected chi connectivity index (χ2v) is 6.01. The van der Waals surface area contributed by atoms with Crippen LogP contribution in [-0.2, 0) is 4.79 Å². The number of aliphatic carboxylic acids is 1. The predicted octanol–water partition coefficient (Wildman–Crippen LogP) is 2.06. The molecule has 112 valence electrons. The molecule has 0 aliphatic carbocycles. The number of aromatic nitrogens is 2. The average Bonchev–Trinajstić information content (AvgIpc) is 2.84. The van der Waals surface area contributed by atoms with Crippen LogP contribution >= 0.6 is 0 Å². The maximum Gasteiger partial charge on any atom is 0.303 e. The summed E-state index contributed by atoms with van der Waals surface area (Å²) in [6.07, 6.45) is 3.07. The van der Waals surface area contributed by atoms with Gasteiger partial charge in [-0.05, 0) is 30.2 Å². The minimum absolute atomic E-state index is 0.0220. The topological polar surface area (TPSA) is 95.1 Å². The molecule has 1 aromatic heterocycles. The molecule has 1 atom stereocenters. The summed E-state index contributed by atoms with van der Waals surface area (Å²) in [5.74, 6) is -0.713. The number of carboxylic acids is 1. The van der Waals surface area contributed by atoms with Crippen LogP contribution in [0, 0.1) is 11.3 Å². The van der Waals surface area contributed by atoms with Gasteiger partial charge in [0.1, 0.15) is 5.69 Å². The zero-order chi connectivity index (χ0) is 15.2. The largest absolute Gasteiger partial charge is 0.481 e. The Bertz CT molecular complexity index is 435. The first-order valence-electron chi connectivity index (χ1n) is 6.80. The van der Waals surface area contributed by atoms with Gasteiger partial charge in [-0.2, -0.15) is 5.10 Å². The Kier molecular flexibility index (Phi) is 5.73. The van der Waals surface area contributed by atoms with E-state index in [1.54, 1.807) is 6.07 Å². The Labute approximate surface area is 119 Å². The number of nitrogens with one attached hydrogen (secondary N) is 2. The molecule has 1 aromatic rings. The van der Waals surface area contributed by atoms with E-state index in [9.17, 15) is 9.59 Å². The molecule has 0 spiro atoms. The summed E-state index contributed by atoms with van der Waals surface area (Å²) in [5.41, 5.74) is 0.455. The molecule has 1 amide bonds. The molecule has 6 heteroatoms. The van der Waals surface area contributed by atoms with Crippen molar-refractivity contribution in [2.24, 2.45) is 11.3 Å². The van der Waals surface area contributed by atoms with Crippen LogP contribution in [0.3, 0.4) is 0 Å². The highest BCUT2D eigenvalue weighted by Gasteiger charge is 2.25. The maximum absolute atomic E-state index is 11.7. The Morgan fingerprint density at radius 2 is 2.10 bits per heavy atom. The van der Waals surface area contributed by atoms with E-state index in [2.05, 4.69) is 36.3 Å². The molecule has 1 heterocycles. The summed E-state index contributed by atoms with van der Waals surface area (Å²) in [4.78, 5) is 22.4. The SMILES string of the molecule is CC(C)(C)C(CCNC(=O)c1ccn[nH]1)CCC(=O)O. The van der Waals surface area contributed by atoms with E-state index in [-0.39, 0.29) is 23.7 Å².